The lowest BCUT2D eigenvalue weighted by atomic mass is 10.1. The first-order chi connectivity index (χ1) is 12.3. The molecule has 0 aromatic heterocycles. The Hall–Kier alpha value is -1.67. The molecule has 8 heteroatoms. The van der Waals surface area contributed by atoms with Crippen LogP contribution in [0.15, 0.2) is 24.3 Å². The van der Waals surface area contributed by atoms with Crippen molar-refractivity contribution >= 4 is 38.8 Å². The van der Waals surface area contributed by atoms with Gasteiger partial charge in [-0.15, -0.1) is 0 Å². The molecular weight excluding hydrogens is 372 g/mol. The second-order valence-electron chi connectivity index (χ2n) is 6.75. The van der Waals surface area contributed by atoms with E-state index in [-0.39, 0.29) is 24.0 Å². The van der Waals surface area contributed by atoms with Gasteiger partial charge in [-0.2, -0.15) is 0 Å². The molecule has 0 spiro atoms. The summed E-state index contributed by atoms with van der Waals surface area (Å²) in [7, 11) is -3.01. The molecule has 1 heterocycles. The van der Waals surface area contributed by atoms with Crippen LogP contribution in [0.2, 0.25) is 0 Å². The molecule has 1 fully saturated rings. The molecule has 144 valence electrons. The minimum absolute atomic E-state index is 0.120. The molecule has 26 heavy (non-hydrogen) atoms. The maximum atomic E-state index is 11.9. The van der Waals surface area contributed by atoms with Crippen molar-refractivity contribution in [1.29, 1.82) is 0 Å². The Bertz CT molecular complexity index is 732. The third-order valence-corrected chi connectivity index (χ3v) is 6.59. The number of nitrogens with zero attached hydrogens (tertiary/aromatic N) is 1. The highest BCUT2D eigenvalue weighted by atomic mass is 32.2. The second-order valence-corrected chi connectivity index (χ2v) is 9.37. The highest BCUT2D eigenvalue weighted by Crippen LogP contribution is 2.20. The van der Waals surface area contributed by atoms with E-state index in [1.54, 1.807) is 0 Å². The first-order valence-corrected chi connectivity index (χ1v) is 11.1. The molecule has 1 aliphatic rings. The van der Waals surface area contributed by atoms with Gasteiger partial charge in [-0.1, -0.05) is 24.1 Å². The second kappa shape index (κ2) is 9.32. The smallest absolute Gasteiger partial charge is 0.303 e. The zero-order valence-corrected chi connectivity index (χ0v) is 16.6. The van der Waals surface area contributed by atoms with Gasteiger partial charge in [-0.25, -0.2) is 8.42 Å². The highest BCUT2D eigenvalue weighted by molar-refractivity contribution is 7.91. The van der Waals surface area contributed by atoms with Gasteiger partial charge < -0.3 is 15.3 Å². The number of benzene rings is 1. The quantitative estimate of drug-likeness (QED) is 0.514. The van der Waals surface area contributed by atoms with E-state index in [1.165, 1.54) is 0 Å². The molecule has 2 N–H and O–H groups in total. The molecule has 0 bridgehead atoms. The average molecular weight is 399 g/mol. The molecule has 0 saturated carbocycles. The minimum atomic E-state index is -3.01. The van der Waals surface area contributed by atoms with E-state index in [9.17, 15) is 13.2 Å². The van der Waals surface area contributed by atoms with Crippen molar-refractivity contribution in [3.8, 4) is 0 Å². The summed E-state index contributed by atoms with van der Waals surface area (Å²) in [6.45, 7) is 2.63. The zero-order valence-electron chi connectivity index (χ0n) is 15.0. The van der Waals surface area contributed by atoms with Crippen molar-refractivity contribution in [2.45, 2.75) is 45.1 Å². The summed E-state index contributed by atoms with van der Waals surface area (Å²) in [6.07, 6.45) is 2.90. The molecule has 1 aliphatic heterocycles. The van der Waals surface area contributed by atoms with Crippen LogP contribution in [-0.4, -0.2) is 53.6 Å². The molecule has 1 aromatic carbocycles. The number of aryl methyl sites for hydroxylation is 1. The lowest BCUT2D eigenvalue weighted by Gasteiger charge is -2.31. The van der Waals surface area contributed by atoms with E-state index in [4.69, 9.17) is 17.3 Å². The highest BCUT2D eigenvalue weighted by Gasteiger charge is 2.33. The van der Waals surface area contributed by atoms with E-state index >= 15 is 0 Å². The fourth-order valence-corrected chi connectivity index (χ4v) is 5.13. The van der Waals surface area contributed by atoms with Gasteiger partial charge in [0.05, 0.1) is 11.5 Å². The molecule has 0 radical (unpaired) electrons. The Morgan fingerprint density at radius 3 is 2.54 bits per heavy atom. The van der Waals surface area contributed by atoms with Crippen LogP contribution >= 0.6 is 12.2 Å². The standard InChI is InChI=1S/C18H26N2O4S2/c1-14-6-8-15(9-7-14)19-18(25)20(11-4-2-3-5-17(21)22)16-10-12-26(23,24)13-16/h6-9,16H,2-5,10-13H2,1H3,(H,19,25)(H,21,22)/t16-/m0/s1. The Labute approximate surface area is 160 Å². The number of rotatable bonds is 8. The van der Waals surface area contributed by atoms with Crippen molar-refractivity contribution in [3.05, 3.63) is 29.8 Å². The van der Waals surface area contributed by atoms with E-state index in [1.807, 2.05) is 36.1 Å². The van der Waals surface area contributed by atoms with E-state index in [2.05, 4.69) is 5.32 Å². The van der Waals surface area contributed by atoms with Crippen LogP contribution in [0.3, 0.4) is 0 Å². The summed E-state index contributed by atoms with van der Waals surface area (Å²) in [5.74, 6) is -0.474. The largest absolute Gasteiger partial charge is 0.481 e. The number of carbonyl (C=O) groups is 1. The fourth-order valence-electron chi connectivity index (χ4n) is 3.04. The van der Waals surface area contributed by atoms with Gasteiger partial charge in [0.2, 0.25) is 0 Å². The summed E-state index contributed by atoms with van der Waals surface area (Å²) in [5, 5.41) is 12.4. The van der Waals surface area contributed by atoms with Crippen LogP contribution in [0.5, 0.6) is 0 Å². The summed E-state index contributed by atoms with van der Waals surface area (Å²) in [4.78, 5) is 12.6. The number of carboxylic acid groups (broad SMARTS) is 1. The van der Waals surface area contributed by atoms with Gasteiger partial charge in [-0.3, -0.25) is 4.79 Å². The number of anilines is 1. The summed E-state index contributed by atoms with van der Waals surface area (Å²) in [5.41, 5.74) is 2.02. The molecule has 1 aromatic rings. The number of hydrogen-bond acceptors (Lipinski definition) is 4. The number of carboxylic acids is 1. The maximum absolute atomic E-state index is 11.9. The first-order valence-electron chi connectivity index (χ1n) is 8.83. The first kappa shape index (κ1) is 20.6. The summed E-state index contributed by atoms with van der Waals surface area (Å²) >= 11 is 5.55. The molecule has 1 atom stereocenters. The maximum Gasteiger partial charge on any atom is 0.303 e. The van der Waals surface area contributed by atoms with Gasteiger partial charge in [0, 0.05) is 24.7 Å². The fraction of sp³-hybridized carbons (Fsp3) is 0.556. The van der Waals surface area contributed by atoms with Gasteiger partial charge >= 0.3 is 5.97 Å². The van der Waals surface area contributed by atoms with E-state index in [0.717, 1.165) is 24.1 Å². The Morgan fingerprint density at radius 2 is 1.96 bits per heavy atom. The topological polar surface area (TPSA) is 86.7 Å². The monoisotopic (exact) mass is 398 g/mol. The van der Waals surface area contributed by atoms with Crippen LogP contribution in [0.25, 0.3) is 0 Å². The predicted molar refractivity (Wildman–Crippen MR) is 107 cm³/mol. The Morgan fingerprint density at radius 1 is 1.27 bits per heavy atom. The van der Waals surface area contributed by atoms with Gasteiger partial charge in [0.1, 0.15) is 0 Å². The Kier molecular flexibility index (Phi) is 7.40. The molecule has 0 amide bonds. The van der Waals surface area contributed by atoms with Crippen molar-refractivity contribution in [3.63, 3.8) is 0 Å². The van der Waals surface area contributed by atoms with E-state index in [0.29, 0.717) is 24.5 Å². The molecule has 0 unspecified atom stereocenters. The minimum Gasteiger partial charge on any atom is -0.481 e. The molecule has 0 aliphatic carbocycles. The van der Waals surface area contributed by atoms with Crippen LogP contribution in [0, 0.1) is 6.92 Å². The van der Waals surface area contributed by atoms with Crippen LogP contribution in [-0.2, 0) is 14.6 Å². The molecule has 1 saturated heterocycles. The third-order valence-electron chi connectivity index (χ3n) is 4.50. The Balaban J connectivity index is 1.98. The number of sulfone groups is 1. The van der Waals surface area contributed by atoms with Crippen molar-refractivity contribution in [2.75, 3.05) is 23.4 Å². The number of unbranched alkanes of at least 4 members (excludes halogenated alkanes) is 2. The van der Waals surface area contributed by atoms with Crippen molar-refractivity contribution in [2.24, 2.45) is 0 Å². The lowest BCUT2D eigenvalue weighted by Crippen LogP contribution is -2.44. The molecule has 2 rings (SSSR count). The number of nitrogens with one attached hydrogen (secondary N) is 1. The van der Waals surface area contributed by atoms with Gasteiger partial charge in [0.15, 0.2) is 14.9 Å². The lowest BCUT2D eigenvalue weighted by molar-refractivity contribution is -0.137. The predicted octanol–water partition coefficient (Wildman–Crippen LogP) is 2.83. The zero-order chi connectivity index (χ0) is 19.2. The number of hydrogen-bond donors (Lipinski definition) is 2. The van der Waals surface area contributed by atoms with Gasteiger partial charge in [0.25, 0.3) is 0 Å². The number of thiocarbonyl (C=S) groups is 1. The average Bonchev–Trinajstić information content (AvgIpc) is 2.92. The van der Waals surface area contributed by atoms with Crippen LogP contribution < -0.4 is 5.32 Å². The number of aliphatic carboxylic acids is 1. The molecular formula is C18H26N2O4S2. The van der Waals surface area contributed by atoms with Crippen LogP contribution in [0.4, 0.5) is 5.69 Å². The summed E-state index contributed by atoms with van der Waals surface area (Å²) < 4.78 is 23.7. The SMILES string of the molecule is Cc1ccc(NC(=S)N(CCCCCC(=O)O)[C@H]2CCS(=O)(=O)C2)cc1. The van der Waals surface area contributed by atoms with Gasteiger partial charge in [-0.05, 0) is 50.5 Å². The van der Waals surface area contributed by atoms with Crippen molar-refractivity contribution < 1.29 is 18.3 Å². The van der Waals surface area contributed by atoms with Crippen LogP contribution in [0.1, 0.15) is 37.7 Å². The molecule has 6 nitrogen and oxygen atoms in total. The van der Waals surface area contributed by atoms with E-state index < -0.39 is 15.8 Å². The van der Waals surface area contributed by atoms with Crippen molar-refractivity contribution in [1.82, 2.24) is 4.90 Å². The summed E-state index contributed by atoms with van der Waals surface area (Å²) in [6, 6.07) is 7.74. The normalized spacial score (nSPS) is 18.4. The third kappa shape index (κ3) is 6.57.